The molecule has 142 valence electrons. The second-order valence-corrected chi connectivity index (χ2v) is 6.12. The Morgan fingerprint density at radius 1 is 1.27 bits per heavy atom. The SMILES string of the molecule is CCO[C@@]1(C(=O)c2ccc(O)cc2)NC(=O)[C@](OC)(C(C)C)N=C1OC. The van der Waals surface area contributed by atoms with Crippen LogP contribution in [0.25, 0.3) is 0 Å². The lowest BCUT2D eigenvalue weighted by atomic mass is 9.92. The highest BCUT2D eigenvalue weighted by atomic mass is 16.6. The summed E-state index contributed by atoms with van der Waals surface area (Å²) in [4.78, 5) is 30.4. The van der Waals surface area contributed by atoms with Crippen molar-refractivity contribution in [3.8, 4) is 5.75 Å². The zero-order chi connectivity index (χ0) is 19.5. The summed E-state index contributed by atoms with van der Waals surface area (Å²) in [6.07, 6.45) is 0. The fraction of sp³-hybridized carbons (Fsp3) is 0.500. The van der Waals surface area contributed by atoms with Crippen molar-refractivity contribution >= 4 is 17.6 Å². The van der Waals surface area contributed by atoms with E-state index >= 15 is 0 Å². The molecule has 2 atom stereocenters. The van der Waals surface area contributed by atoms with Crippen molar-refractivity contribution < 1.29 is 28.9 Å². The van der Waals surface area contributed by atoms with Gasteiger partial charge >= 0.3 is 0 Å². The van der Waals surface area contributed by atoms with Crippen molar-refractivity contribution in [1.82, 2.24) is 5.32 Å². The number of phenols is 1. The van der Waals surface area contributed by atoms with Gasteiger partial charge in [-0.1, -0.05) is 13.8 Å². The summed E-state index contributed by atoms with van der Waals surface area (Å²) >= 11 is 0. The minimum absolute atomic E-state index is 0.0125. The number of rotatable bonds is 6. The predicted octanol–water partition coefficient (Wildman–Crippen LogP) is 1.48. The van der Waals surface area contributed by atoms with Gasteiger partial charge in [0, 0.05) is 25.2 Å². The summed E-state index contributed by atoms with van der Waals surface area (Å²) in [5.74, 6) is -1.58. The third-order valence-corrected chi connectivity index (χ3v) is 4.28. The van der Waals surface area contributed by atoms with Gasteiger partial charge in [0.25, 0.3) is 11.6 Å². The number of carbonyl (C=O) groups is 2. The lowest BCUT2D eigenvalue weighted by molar-refractivity contribution is -0.158. The van der Waals surface area contributed by atoms with Gasteiger partial charge in [0.05, 0.1) is 7.11 Å². The molecule has 0 fully saturated rings. The molecule has 0 aromatic heterocycles. The third-order valence-electron chi connectivity index (χ3n) is 4.28. The Hall–Kier alpha value is -2.45. The second-order valence-electron chi connectivity index (χ2n) is 6.12. The van der Waals surface area contributed by atoms with Crippen LogP contribution in [0.2, 0.25) is 0 Å². The van der Waals surface area contributed by atoms with Crippen LogP contribution in [0.1, 0.15) is 31.1 Å². The monoisotopic (exact) mass is 364 g/mol. The second kappa shape index (κ2) is 7.43. The lowest BCUT2D eigenvalue weighted by Gasteiger charge is -2.42. The highest BCUT2D eigenvalue weighted by molar-refractivity contribution is 6.20. The number of ether oxygens (including phenoxy) is 3. The maximum Gasteiger partial charge on any atom is 0.283 e. The van der Waals surface area contributed by atoms with Crippen molar-refractivity contribution in [1.29, 1.82) is 0 Å². The molecule has 0 bridgehead atoms. The van der Waals surface area contributed by atoms with Crippen LogP contribution in [0.5, 0.6) is 5.75 Å². The maximum absolute atomic E-state index is 13.2. The Bertz CT molecular complexity index is 715. The Balaban J connectivity index is 2.63. The minimum atomic E-state index is -1.91. The largest absolute Gasteiger partial charge is 0.508 e. The molecule has 1 heterocycles. The number of carbonyl (C=O) groups excluding carboxylic acids is 2. The maximum atomic E-state index is 13.2. The smallest absolute Gasteiger partial charge is 0.283 e. The molecule has 1 aliphatic rings. The Morgan fingerprint density at radius 3 is 2.35 bits per heavy atom. The van der Waals surface area contributed by atoms with Crippen LogP contribution in [0.3, 0.4) is 0 Å². The van der Waals surface area contributed by atoms with E-state index in [9.17, 15) is 14.7 Å². The normalized spacial score (nSPS) is 25.6. The number of ketones is 1. The summed E-state index contributed by atoms with van der Waals surface area (Å²) in [5, 5.41) is 12.1. The van der Waals surface area contributed by atoms with Crippen LogP contribution in [0.4, 0.5) is 0 Å². The number of aromatic hydroxyl groups is 1. The molecule has 0 unspecified atom stereocenters. The quantitative estimate of drug-likeness (QED) is 0.741. The van der Waals surface area contributed by atoms with Crippen LogP contribution in [-0.2, 0) is 19.0 Å². The molecule has 0 aliphatic carbocycles. The number of Topliss-reactive ketones (excluding diaryl/α,β-unsaturated/α-hetero) is 1. The molecule has 1 aromatic rings. The number of aliphatic imine (C=N–C) groups is 1. The summed E-state index contributed by atoms with van der Waals surface area (Å²) in [7, 11) is 2.71. The fourth-order valence-corrected chi connectivity index (χ4v) is 2.89. The molecule has 0 saturated heterocycles. The average Bonchev–Trinajstić information content (AvgIpc) is 2.62. The molecule has 8 heteroatoms. The number of nitrogens with one attached hydrogen (secondary N) is 1. The molecule has 2 rings (SSSR count). The summed E-state index contributed by atoms with van der Waals surface area (Å²) < 4.78 is 16.4. The van der Waals surface area contributed by atoms with Gasteiger partial charge in [-0.15, -0.1) is 0 Å². The zero-order valence-corrected chi connectivity index (χ0v) is 15.5. The Morgan fingerprint density at radius 2 is 1.88 bits per heavy atom. The number of methoxy groups -OCH3 is 2. The van der Waals surface area contributed by atoms with E-state index in [-0.39, 0.29) is 29.7 Å². The first kappa shape index (κ1) is 19.9. The van der Waals surface area contributed by atoms with E-state index in [1.54, 1.807) is 20.8 Å². The number of amides is 1. The van der Waals surface area contributed by atoms with E-state index < -0.39 is 23.1 Å². The van der Waals surface area contributed by atoms with Crippen molar-refractivity contribution in [2.75, 3.05) is 20.8 Å². The summed E-state index contributed by atoms with van der Waals surface area (Å²) in [6.45, 7) is 5.35. The first-order valence-corrected chi connectivity index (χ1v) is 8.27. The highest BCUT2D eigenvalue weighted by Crippen LogP contribution is 2.32. The molecule has 26 heavy (non-hydrogen) atoms. The van der Waals surface area contributed by atoms with Gasteiger partial charge in [-0.3, -0.25) is 9.59 Å². The molecule has 1 amide bonds. The van der Waals surface area contributed by atoms with Gasteiger partial charge in [-0.2, -0.15) is 0 Å². The summed E-state index contributed by atoms with van der Waals surface area (Å²) in [5.41, 5.74) is -3.22. The first-order valence-electron chi connectivity index (χ1n) is 8.27. The molecule has 0 saturated carbocycles. The summed E-state index contributed by atoms with van der Waals surface area (Å²) in [6, 6.07) is 5.60. The van der Waals surface area contributed by atoms with Crippen molar-refractivity contribution in [3.05, 3.63) is 29.8 Å². The molecule has 8 nitrogen and oxygen atoms in total. The van der Waals surface area contributed by atoms with Crippen molar-refractivity contribution in [2.24, 2.45) is 10.9 Å². The van der Waals surface area contributed by atoms with Gasteiger partial charge < -0.3 is 24.6 Å². The van der Waals surface area contributed by atoms with Crippen LogP contribution in [0, 0.1) is 5.92 Å². The number of benzene rings is 1. The molecule has 0 radical (unpaired) electrons. The minimum Gasteiger partial charge on any atom is -0.508 e. The Kier molecular flexibility index (Phi) is 5.68. The number of phenolic OH excluding ortho intramolecular Hbond substituents is 1. The highest BCUT2D eigenvalue weighted by Gasteiger charge is 2.58. The standard InChI is InChI=1S/C18H24N2O6/c1-6-26-18(14(22)12-7-9-13(21)10-8-12)16(24-4)20-17(25-5,11(2)3)15(23)19-18/h7-11,21H,6H2,1-5H3,(H,19,23)/t17-,18-/m1/s1. The van der Waals surface area contributed by atoms with Crippen LogP contribution in [-0.4, -0.2) is 55.0 Å². The first-order chi connectivity index (χ1) is 12.3. The van der Waals surface area contributed by atoms with Crippen LogP contribution >= 0.6 is 0 Å². The van der Waals surface area contributed by atoms with Gasteiger partial charge in [0.15, 0.2) is 0 Å². The van der Waals surface area contributed by atoms with E-state index in [4.69, 9.17) is 14.2 Å². The van der Waals surface area contributed by atoms with E-state index in [0.29, 0.717) is 0 Å². The van der Waals surface area contributed by atoms with Crippen LogP contribution < -0.4 is 5.32 Å². The van der Waals surface area contributed by atoms with Gasteiger partial charge in [-0.25, -0.2) is 4.99 Å². The molecule has 2 N–H and O–H groups in total. The van der Waals surface area contributed by atoms with E-state index in [0.717, 1.165) is 0 Å². The molecule has 1 aromatic carbocycles. The van der Waals surface area contributed by atoms with Gasteiger partial charge in [0.2, 0.25) is 17.4 Å². The van der Waals surface area contributed by atoms with Crippen molar-refractivity contribution in [3.63, 3.8) is 0 Å². The Labute approximate surface area is 152 Å². The molecular formula is C18H24N2O6. The van der Waals surface area contributed by atoms with Gasteiger partial charge in [-0.05, 0) is 31.2 Å². The van der Waals surface area contributed by atoms with Crippen LogP contribution in [0.15, 0.2) is 29.3 Å². The predicted molar refractivity (Wildman–Crippen MR) is 94.0 cm³/mol. The third kappa shape index (κ3) is 3.06. The number of nitrogens with zero attached hydrogens (tertiary/aromatic N) is 1. The van der Waals surface area contributed by atoms with E-state index in [1.807, 2.05) is 0 Å². The molecular weight excluding hydrogens is 340 g/mol. The molecule has 0 spiro atoms. The molecule has 1 aliphatic heterocycles. The fourth-order valence-electron chi connectivity index (χ4n) is 2.89. The zero-order valence-electron chi connectivity index (χ0n) is 15.5. The van der Waals surface area contributed by atoms with E-state index in [2.05, 4.69) is 10.3 Å². The van der Waals surface area contributed by atoms with E-state index in [1.165, 1.54) is 38.5 Å². The lowest BCUT2D eigenvalue weighted by Crippen LogP contribution is -2.71. The number of hydrogen-bond donors (Lipinski definition) is 2. The van der Waals surface area contributed by atoms with Crippen molar-refractivity contribution in [2.45, 2.75) is 32.2 Å². The average molecular weight is 364 g/mol. The number of hydrogen-bond acceptors (Lipinski definition) is 7. The van der Waals surface area contributed by atoms with Gasteiger partial charge in [0.1, 0.15) is 5.75 Å². The topological polar surface area (TPSA) is 106 Å².